The van der Waals surface area contributed by atoms with Crippen LogP contribution in [0.5, 0.6) is 0 Å². The molecule has 0 aromatic rings. The molecule has 88 valence electrons. The van der Waals surface area contributed by atoms with E-state index >= 15 is 0 Å². The van der Waals surface area contributed by atoms with Gasteiger partial charge < -0.3 is 16.2 Å². The molecular formula is C11H22N2O2. The van der Waals surface area contributed by atoms with E-state index in [2.05, 4.69) is 5.32 Å². The number of carbonyl (C=O) groups excluding carboxylic acids is 1. The van der Waals surface area contributed by atoms with E-state index in [1.54, 1.807) is 0 Å². The van der Waals surface area contributed by atoms with Crippen LogP contribution in [0.2, 0.25) is 0 Å². The standard InChI is InChI=1S/C11H22N2O2/c1-8(4-5-12)11(15)13-7-9-2-3-10(14)6-9/h8-10,14H,2-7,12H2,1H3,(H,13,15). The summed E-state index contributed by atoms with van der Waals surface area (Å²) in [6.45, 7) is 3.15. The van der Waals surface area contributed by atoms with Crippen molar-refractivity contribution in [3.63, 3.8) is 0 Å². The highest BCUT2D eigenvalue weighted by Crippen LogP contribution is 2.24. The first-order chi connectivity index (χ1) is 7.13. The molecule has 0 heterocycles. The minimum atomic E-state index is -0.159. The second kappa shape index (κ2) is 6.08. The molecule has 0 saturated heterocycles. The number of hydrogen-bond donors (Lipinski definition) is 3. The number of amides is 1. The number of nitrogens with one attached hydrogen (secondary N) is 1. The van der Waals surface area contributed by atoms with E-state index in [1.807, 2.05) is 6.92 Å². The van der Waals surface area contributed by atoms with E-state index in [4.69, 9.17) is 5.73 Å². The predicted octanol–water partition coefficient (Wildman–Crippen LogP) is 0.249. The molecule has 0 aromatic heterocycles. The van der Waals surface area contributed by atoms with E-state index < -0.39 is 0 Å². The lowest BCUT2D eigenvalue weighted by atomic mass is 10.1. The molecule has 4 N–H and O–H groups in total. The van der Waals surface area contributed by atoms with Crippen molar-refractivity contribution < 1.29 is 9.90 Å². The molecule has 4 heteroatoms. The molecule has 1 aliphatic rings. The third-order valence-corrected chi connectivity index (χ3v) is 3.13. The summed E-state index contributed by atoms with van der Waals surface area (Å²) in [6.07, 6.45) is 3.30. The minimum absolute atomic E-state index is 0.00123. The quantitative estimate of drug-likeness (QED) is 0.614. The lowest BCUT2D eigenvalue weighted by Gasteiger charge is -2.14. The van der Waals surface area contributed by atoms with Gasteiger partial charge in [-0.25, -0.2) is 0 Å². The Labute approximate surface area is 91.2 Å². The first-order valence-corrected chi connectivity index (χ1v) is 5.79. The molecule has 3 atom stereocenters. The number of carbonyl (C=O) groups is 1. The molecule has 1 fully saturated rings. The zero-order valence-electron chi connectivity index (χ0n) is 9.41. The molecule has 4 nitrogen and oxygen atoms in total. The van der Waals surface area contributed by atoms with E-state index in [0.29, 0.717) is 19.0 Å². The fourth-order valence-corrected chi connectivity index (χ4v) is 2.03. The zero-order chi connectivity index (χ0) is 11.3. The van der Waals surface area contributed by atoms with Gasteiger partial charge in [-0.05, 0) is 38.1 Å². The lowest BCUT2D eigenvalue weighted by molar-refractivity contribution is -0.124. The summed E-state index contributed by atoms with van der Waals surface area (Å²) in [4.78, 5) is 11.5. The maximum atomic E-state index is 11.5. The zero-order valence-corrected chi connectivity index (χ0v) is 9.41. The fraction of sp³-hybridized carbons (Fsp3) is 0.909. The lowest BCUT2D eigenvalue weighted by Crippen LogP contribution is -2.33. The molecule has 1 aliphatic carbocycles. The van der Waals surface area contributed by atoms with Crippen molar-refractivity contribution in [2.24, 2.45) is 17.6 Å². The molecule has 0 radical (unpaired) electrons. The molecule has 1 amide bonds. The number of aliphatic hydroxyl groups excluding tert-OH is 1. The van der Waals surface area contributed by atoms with Crippen molar-refractivity contribution in [2.45, 2.75) is 38.7 Å². The number of nitrogens with two attached hydrogens (primary N) is 1. The smallest absolute Gasteiger partial charge is 0.222 e. The van der Waals surface area contributed by atoms with Crippen molar-refractivity contribution in [3.8, 4) is 0 Å². The first-order valence-electron chi connectivity index (χ1n) is 5.79. The third-order valence-electron chi connectivity index (χ3n) is 3.13. The van der Waals surface area contributed by atoms with Gasteiger partial charge in [0.15, 0.2) is 0 Å². The Kier molecular flexibility index (Phi) is 5.05. The topological polar surface area (TPSA) is 75.4 Å². The Morgan fingerprint density at radius 2 is 2.33 bits per heavy atom. The largest absolute Gasteiger partial charge is 0.393 e. The highest BCUT2D eigenvalue weighted by molar-refractivity contribution is 5.78. The van der Waals surface area contributed by atoms with Crippen molar-refractivity contribution in [1.29, 1.82) is 0 Å². The molecule has 15 heavy (non-hydrogen) atoms. The maximum Gasteiger partial charge on any atom is 0.222 e. The van der Waals surface area contributed by atoms with Gasteiger partial charge in [0.05, 0.1) is 6.10 Å². The van der Waals surface area contributed by atoms with Crippen molar-refractivity contribution in [2.75, 3.05) is 13.1 Å². The van der Waals surface area contributed by atoms with Crippen LogP contribution in [-0.4, -0.2) is 30.2 Å². The molecule has 1 rings (SSSR count). The Morgan fingerprint density at radius 1 is 1.60 bits per heavy atom. The summed E-state index contributed by atoms with van der Waals surface area (Å²) in [5.74, 6) is 0.539. The summed E-state index contributed by atoms with van der Waals surface area (Å²) >= 11 is 0. The van der Waals surface area contributed by atoms with Crippen LogP contribution < -0.4 is 11.1 Å². The second-order valence-electron chi connectivity index (χ2n) is 4.56. The van der Waals surface area contributed by atoms with Crippen LogP contribution in [0.1, 0.15) is 32.6 Å². The van der Waals surface area contributed by atoms with Crippen LogP contribution in [0.15, 0.2) is 0 Å². The van der Waals surface area contributed by atoms with Crippen LogP contribution in [-0.2, 0) is 4.79 Å². The average molecular weight is 214 g/mol. The first kappa shape index (κ1) is 12.5. The molecular weight excluding hydrogens is 192 g/mol. The van der Waals surface area contributed by atoms with Gasteiger partial charge in [-0.15, -0.1) is 0 Å². The van der Waals surface area contributed by atoms with Crippen molar-refractivity contribution in [3.05, 3.63) is 0 Å². The van der Waals surface area contributed by atoms with Crippen LogP contribution in [0.25, 0.3) is 0 Å². The highest BCUT2D eigenvalue weighted by Gasteiger charge is 2.23. The number of hydrogen-bond acceptors (Lipinski definition) is 3. The maximum absolute atomic E-state index is 11.5. The predicted molar refractivity (Wildman–Crippen MR) is 59.2 cm³/mol. The SMILES string of the molecule is CC(CCN)C(=O)NCC1CCC(O)C1. The Morgan fingerprint density at radius 3 is 2.87 bits per heavy atom. The van der Waals surface area contributed by atoms with Gasteiger partial charge in [-0.3, -0.25) is 4.79 Å². The molecule has 0 aliphatic heterocycles. The highest BCUT2D eigenvalue weighted by atomic mass is 16.3. The number of aliphatic hydroxyl groups is 1. The van der Waals surface area contributed by atoms with E-state index in [9.17, 15) is 9.90 Å². The molecule has 0 spiro atoms. The Bertz CT molecular complexity index is 209. The van der Waals surface area contributed by atoms with Crippen molar-refractivity contribution in [1.82, 2.24) is 5.32 Å². The molecule has 0 aromatic carbocycles. The van der Waals surface area contributed by atoms with Crippen LogP contribution in [0.4, 0.5) is 0 Å². The van der Waals surface area contributed by atoms with Crippen LogP contribution >= 0.6 is 0 Å². The summed E-state index contributed by atoms with van der Waals surface area (Å²) in [5.41, 5.74) is 5.39. The summed E-state index contributed by atoms with van der Waals surface area (Å²) < 4.78 is 0. The molecule has 0 bridgehead atoms. The van der Waals surface area contributed by atoms with E-state index in [0.717, 1.165) is 25.7 Å². The van der Waals surface area contributed by atoms with Gasteiger partial charge in [0.2, 0.25) is 5.91 Å². The van der Waals surface area contributed by atoms with Crippen molar-refractivity contribution >= 4 is 5.91 Å². The van der Waals surface area contributed by atoms with Gasteiger partial charge >= 0.3 is 0 Å². The van der Waals surface area contributed by atoms with E-state index in [-0.39, 0.29) is 17.9 Å². The van der Waals surface area contributed by atoms with Gasteiger partial charge in [0.1, 0.15) is 0 Å². The average Bonchev–Trinajstić information content (AvgIpc) is 2.61. The molecule has 1 saturated carbocycles. The summed E-state index contributed by atoms with van der Waals surface area (Å²) in [7, 11) is 0. The minimum Gasteiger partial charge on any atom is -0.393 e. The monoisotopic (exact) mass is 214 g/mol. The normalized spacial score (nSPS) is 27.7. The van der Waals surface area contributed by atoms with E-state index in [1.165, 1.54) is 0 Å². The second-order valence-corrected chi connectivity index (χ2v) is 4.56. The summed E-state index contributed by atoms with van der Waals surface area (Å²) in [6, 6.07) is 0. The third kappa shape index (κ3) is 4.18. The van der Waals surface area contributed by atoms with Gasteiger partial charge in [-0.2, -0.15) is 0 Å². The van der Waals surface area contributed by atoms with Crippen LogP contribution in [0.3, 0.4) is 0 Å². The summed E-state index contributed by atoms with van der Waals surface area (Å²) in [5, 5.41) is 12.3. The number of rotatable bonds is 5. The van der Waals surface area contributed by atoms with Gasteiger partial charge in [0.25, 0.3) is 0 Å². The molecule has 3 unspecified atom stereocenters. The van der Waals surface area contributed by atoms with Gasteiger partial charge in [0, 0.05) is 12.5 Å². The Balaban J connectivity index is 2.16. The van der Waals surface area contributed by atoms with Gasteiger partial charge in [-0.1, -0.05) is 6.92 Å². The fourth-order valence-electron chi connectivity index (χ4n) is 2.03. The van der Waals surface area contributed by atoms with Crippen LogP contribution in [0, 0.1) is 11.8 Å². The Hall–Kier alpha value is -0.610.